The number of thioether (sulfide) groups is 1. The summed E-state index contributed by atoms with van der Waals surface area (Å²) in [5.74, 6) is 0.437. The number of fused-ring (bicyclic) bond motifs is 1. The molecule has 0 N–H and O–H groups in total. The predicted molar refractivity (Wildman–Crippen MR) is 97.8 cm³/mol. The Labute approximate surface area is 149 Å². The lowest BCUT2D eigenvalue weighted by molar-refractivity contribution is 0.627. The van der Waals surface area contributed by atoms with Gasteiger partial charge >= 0.3 is 5.69 Å². The molecule has 3 aromatic rings. The van der Waals surface area contributed by atoms with Crippen molar-refractivity contribution in [2.45, 2.75) is 30.0 Å². The molecule has 5 heteroatoms. The van der Waals surface area contributed by atoms with Crippen molar-refractivity contribution in [2.24, 2.45) is 0 Å². The average Bonchev–Trinajstić information content (AvgIpc) is 3.11. The summed E-state index contributed by atoms with van der Waals surface area (Å²) in [5, 5.41) is 0.814. The zero-order valence-electron chi connectivity index (χ0n) is 13.6. The van der Waals surface area contributed by atoms with Gasteiger partial charge in [-0.3, -0.25) is 4.57 Å². The third kappa shape index (κ3) is 3.24. The highest BCUT2D eigenvalue weighted by atomic mass is 32.2. The molecule has 4 rings (SSSR count). The Morgan fingerprint density at radius 2 is 1.80 bits per heavy atom. The Hall–Kier alpha value is -2.40. The third-order valence-electron chi connectivity index (χ3n) is 4.41. The van der Waals surface area contributed by atoms with Crippen molar-refractivity contribution < 1.29 is 4.39 Å². The van der Waals surface area contributed by atoms with Crippen LogP contribution in [-0.4, -0.2) is 9.55 Å². The van der Waals surface area contributed by atoms with Gasteiger partial charge in [0.15, 0.2) is 0 Å². The Bertz CT molecular complexity index is 952. The van der Waals surface area contributed by atoms with E-state index in [4.69, 9.17) is 0 Å². The summed E-state index contributed by atoms with van der Waals surface area (Å²) in [6.07, 6.45) is 2.88. The van der Waals surface area contributed by atoms with Crippen LogP contribution < -0.4 is 5.69 Å². The number of aromatic nitrogens is 2. The predicted octanol–water partition coefficient (Wildman–Crippen LogP) is 4.15. The number of benzene rings is 2. The molecule has 0 amide bonds. The maximum absolute atomic E-state index is 13.0. The van der Waals surface area contributed by atoms with Gasteiger partial charge in [-0.1, -0.05) is 30.3 Å². The number of nitrogens with zero attached hydrogens (tertiary/aromatic N) is 2. The highest BCUT2D eigenvalue weighted by Gasteiger charge is 2.22. The highest BCUT2D eigenvalue weighted by Crippen LogP contribution is 2.32. The fourth-order valence-electron chi connectivity index (χ4n) is 3.22. The van der Waals surface area contributed by atoms with Crippen molar-refractivity contribution in [2.75, 3.05) is 0 Å². The maximum Gasteiger partial charge on any atom is 0.353 e. The van der Waals surface area contributed by atoms with Crippen LogP contribution >= 0.6 is 11.8 Å². The molecule has 1 aromatic heterocycles. The lowest BCUT2D eigenvalue weighted by Gasteiger charge is -2.14. The van der Waals surface area contributed by atoms with Crippen LogP contribution in [0.3, 0.4) is 0 Å². The van der Waals surface area contributed by atoms with Crippen LogP contribution in [0.25, 0.3) is 5.69 Å². The van der Waals surface area contributed by atoms with Gasteiger partial charge in [-0.05, 0) is 49.1 Å². The Morgan fingerprint density at radius 3 is 2.56 bits per heavy atom. The lowest BCUT2D eigenvalue weighted by atomic mass is 10.2. The smallest absolute Gasteiger partial charge is 0.265 e. The van der Waals surface area contributed by atoms with Gasteiger partial charge in [0, 0.05) is 17.0 Å². The number of rotatable bonds is 4. The molecule has 126 valence electrons. The molecule has 0 bridgehead atoms. The summed E-state index contributed by atoms with van der Waals surface area (Å²) in [4.78, 5) is 17.0. The van der Waals surface area contributed by atoms with Crippen LogP contribution in [0.5, 0.6) is 0 Å². The average molecular weight is 352 g/mol. The van der Waals surface area contributed by atoms with E-state index in [1.54, 1.807) is 28.5 Å². The molecule has 0 saturated heterocycles. The van der Waals surface area contributed by atoms with Gasteiger partial charge in [0.1, 0.15) is 10.8 Å². The van der Waals surface area contributed by atoms with Gasteiger partial charge in [0.05, 0.1) is 5.69 Å². The highest BCUT2D eigenvalue weighted by molar-refractivity contribution is 7.98. The number of para-hydroxylation sites is 1. The molecule has 0 aliphatic heterocycles. The molecule has 0 saturated carbocycles. The number of hydrogen-bond donors (Lipinski definition) is 0. The van der Waals surface area contributed by atoms with Crippen LogP contribution in [0.2, 0.25) is 0 Å². The fraction of sp³-hybridized carbons (Fsp3) is 0.200. The Balaban J connectivity index is 1.68. The van der Waals surface area contributed by atoms with Crippen LogP contribution in [0.15, 0.2) is 64.4 Å². The van der Waals surface area contributed by atoms with E-state index in [2.05, 4.69) is 4.98 Å². The minimum Gasteiger partial charge on any atom is -0.265 e. The molecule has 1 aliphatic carbocycles. The van der Waals surface area contributed by atoms with Crippen molar-refractivity contribution in [3.63, 3.8) is 0 Å². The molecule has 0 fully saturated rings. The molecular weight excluding hydrogens is 335 g/mol. The van der Waals surface area contributed by atoms with E-state index in [0.717, 1.165) is 41.2 Å². The first-order valence-corrected chi connectivity index (χ1v) is 9.28. The molecule has 2 aromatic carbocycles. The molecule has 0 unspecified atom stereocenters. The normalized spacial score (nSPS) is 13.0. The molecular formula is C20H17FN2OS. The van der Waals surface area contributed by atoms with Gasteiger partial charge in [0.25, 0.3) is 0 Å². The second-order valence-corrected chi connectivity index (χ2v) is 7.03. The number of halogens is 1. The standard InChI is InChI=1S/C20H17FN2OS/c21-15-11-9-14(10-12-15)13-25-19-17-7-4-8-18(17)23(20(24)22-19)16-5-2-1-3-6-16/h1-3,5-6,9-12H,4,7-8,13H2. The van der Waals surface area contributed by atoms with Crippen molar-refractivity contribution in [3.05, 3.63) is 87.7 Å². The van der Waals surface area contributed by atoms with Gasteiger partial charge in [0.2, 0.25) is 0 Å². The minimum atomic E-state index is -0.238. The molecule has 0 spiro atoms. The van der Waals surface area contributed by atoms with Crippen LogP contribution in [0.1, 0.15) is 23.2 Å². The van der Waals surface area contributed by atoms with Crippen LogP contribution in [-0.2, 0) is 18.6 Å². The van der Waals surface area contributed by atoms with Gasteiger partial charge < -0.3 is 0 Å². The van der Waals surface area contributed by atoms with Crippen molar-refractivity contribution in [1.82, 2.24) is 9.55 Å². The second-order valence-electron chi connectivity index (χ2n) is 6.06. The fourth-order valence-corrected chi connectivity index (χ4v) is 4.25. The third-order valence-corrected chi connectivity index (χ3v) is 5.50. The SMILES string of the molecule is O=c1nc(SCc2ccc(F)cc2)c2c(n1-c1ccccc1)CCC2. The first-order chi connectivity index (χ1) is 12.2. The molecule has 0 radical (unpaired) electrons. The van der Waals surface area contributed by atoms with Crippen molar-refractivity contribution >= 4 is 11.8 Å². The first-order valence-electron chi connectivity index (χ1n) is 8.30. The lowest BCUT2D eigenvalue weighted by Crippen LogP contribution is -2.25. The second kappa shape index (κ2) is 6.84. The largest absolute Gasteiger partial charge is 0.353 e. The van der Waals surface area contributed by atoms with E-state index < -0.39 is 0 Å². The van der Waals surface area contributed by atoms with E-state index in [-0.39, 0.29) is 11.5 Å². The Kier molecular flexibility index (Phi) is 4.40. The summed E-state index contributed by atoms with van der Waals surface area (Å²) in [6.45, 7) is 0. The van der Waals surface area contributed by atoms with E-state index in [1.807, 2.05) is 30.3 Å². The monoisotopic (exact) mass is 352 g/mol. The minimum absolute atomic E-state index is 0.228. The summed E-state index contributed by atoms with van der Waals surface area (Å²) >= 11 is 1.56. The van der Waals surface area contributed by atoms with Crippen LogP contribution in [0.4, 0.5) is 4.39 Å². The molecule has 1 heterocycles. The summed E-state index contributed by atoms with van der Waals surface area (Å²) in [6, 6.07) is 16.1. The van der Waals surface area contributed by atoms with E-state index in [0.29, 0.717) is 5.75 Å². The van der Waals surface area contributed by atoms with E-state index in [1.165, 1.54) is 17.7 Å². The van der Waals surface area contributed by atoms with Crippen molar-refractivity contribution in [1.29, 1.82) is 0 Å². The summed E-state index contributed by atoms with van der Waals surface area (Å²) in [7, 11) is 0. The van der Waals surface area contributed by atoms with Gasteiger partial charge in [-0.25, -0.2) is 9.18 Å². The molecule has 1 aliphatic rings. The van der Waals surface area contributed by atoms with Crippen molar-refractivity contribution in [3.8, 4) is 5.69 Å². The Morgan fingerprint density at radius 1 is 1.04 bits per heavy atom. The summed E-state index contributed by atoms with van der Waals surface area (Å²) < 4.78 is 14.8. The maximum atomic E-state index is 13.0. The number of hydrogen-bond acceptors (Lipinski definition) is 3. The molecule has 0 atom stereocenters. The van der Waals surface area contributed by atoms with E-state index in [9.17, 15) is 9.18 Å². The first kappa shape index (κ1) is 16.1. The zero-order chi connectivity index (χ0) is 17.2. The quantitative estimate of drug-likeness (QED) is 0.523. The van der Waals surface area contributed by atoms with Gasteiger partial charge in [-0.2, -0.15) is 4.98 Å². The zero-order valence-corrected chi connectivity index (χ0v) is 14.4. The topological polar surface area (TPSA) is 34.9 Å². The summed E-state index contributed by atoms with van der Waals surface area (Å²) in [5.41, 5.74) is 3.91. The van der Waals surface area contributed by atoms with Gasteiger partial charge in [-0.15, -0.1) is 11.8 Å². The van der Waals surface area contributed by atoms with E-state index >= 15 is 0 Å². The van der Waals surface area contributed by atoms with Crippen LogP contribution in [0, 0.1) is 5.82 Å². The molecule has 3 nitrogen and oxygen atoms in total. The molecule has 25 heavy (non-hydrogen) atoms.